The maximum absolute atomic E-state index is 12.6. The molecule has 0 radical (unpaired) electrons. The Hall–Kier alpha value is -2.37. The first-order valence-electron chi connectivity index (χ1n) is 7.14. The summed E-state index contributed by atoms with van der Waals surface area (Å²) in [6.07, 6.45) is 0. The highest BCUT2D eigenvalue weighted by atomic mass is 16.6. The Bertz CT molecular complexity index is 542. The minimum Gasteiger partial charge on any atom is -0.468 e. The molecule has 0 spiro atoms. The van der Waals surface area contributed by atoms with Gasteiger partial charge in [0.1, 0.15) is 11.5 Å². The maximum atomic E-state index is 12.6. The summed E-state index contributed by atoms with van der Waals surface area (Å²) < 4.78 is 14.7. The van der Waals surface area contributed by atoms with E-state index < -0.39 is 35.3 Å². The van der Waals surface area contributed by atoms with E-state index in [-0.39, 0.29) is 0 Å². The van der Waals surface area contributed by atoms with Crippen LogP contribution in [-0.2, 0) is 28.6 Å². The van der Waals surface area contributed by atoms with Crippen LogP contribution >= 0.6 is 0 Å². The van der Waals surface area contributed by atoms with Gasteiger partial charge in [0, 0.05) is 0 Å². The molecule has 0 aromatic heterocycles. The predicted octanol–water partition coefficient (Wildman–Crippen LogP) is 2.07. The van der Waals surface area contributed by atoms with Gasteiger partial charge in [-0.1, -0.05) is 30.3 Å². The highest BCUT2D eigenvalue weighted by molar-refractivity contribution is 6.01. The highest BCUT2D eigenvalue weighted by Gasteiger charge is 2.44. The van der Waals surface area contributed by atoms with Crippen molar-refractivity contribution in [3.05, 3.63) is 35.9 Å². The fourth-order valence-corrected chi connectivity index (χ4v) is 2.11. The van der Waals surface area contributed by atoms with Crippen LogP contribution in [0.5, 0.6) is 0 Å². The number of carbonyl (C=O) groups excluding carboxylic acids is 3. The van der Waals surface area contributed by atoms with Crippen molar-refractivity contribution >= 4 is 17.9 Å². The molecule has 1 unspecified atom stereocenters. The van der Waals surface area contributed by atoms with Crippen LogP contribution in [0.15, 0.2) is 30.3 Å². The van der Waals surface area contributed by atoms with Crippen molar-refractivity contribution in [3.8, 4) is 0 Å². The number of hydrogen-bond acceptors (Lipinski definition) is 6. The first-order chi connectivity index (χ1) is 10.7. The number of benzene rings is 1. The molecule has 0 aliphatic carbocycles. The SMILES string of the molecule is COC(=O)C(C(=O)OC)C(C(=O)OC(C)(C)C)c1ccccc1. The third-order valence-corrected chi connectivity index (χ3v) is 3.06. The molecule has 0 saturated heterocycles. The van der Waals surface area contributed by atoms with Crippen molar-refractivity contribution in [1.29, 1.82) is 0 Å². The molecular formula is C17H22O6. The molecule has 23 heavy (non-hydrogen) atoms. The van der Waals surface area contributed by atoms with Crippen LogP contribution < -0.4 is 0 Å². The summed E-state index contributed by atoms with van der Waals surface area (Å²) in [6.45, 7) is 5.12. The molecular weight excluding hydrogens is 300 g/mol. The van der Waals surface area contributed by atoms with Crippen LogP contribution in [-0.4, -0.2) is 37.7 Å². The van der Waals surface area contributed by atoms with Crippen molar-refractivity contribution in [2.45, 2.75) is 32.3 Å². The normalized spacial score (nSPS) is 12.4. The van der Waals surface area contributed by atoms with E-state index >= 15 is 0 Å². The first-order valence-corrected chi connectivity index (χ1v) is 7.14. The lowest BCUT2D eigenvalue weighted by molar-refractivity contribution is -0.170. The van der Waals surface area contributed by atoms with Crippen LogP contribution in [0.1, 0.15) is 32.3 Å². The average Bonchev–Trinajstić information content (AvgIpc) is 2.50. The predicted molar refractivity (Wildman–Crippen MR) is 82.6 cm³/mol. The largest absolute Gasteiger partial charge is 0.468 e. The molecule has 0 saturated carbocycles. The number of methoxy groups -OCH3 is 2. The van der Waals surface area contributed by atoms with E-state index in [4.69, 9.17) is 4.74 Å². The Morgan fingerprint density at radius 1 is 0.870 bits per heavy atom. The Morgan fingerprint density at radius 3 is 1.74 bits per heavy atom. The van der Waals surface area contributed by atoms with E-state index in [1.807, 2.05) is 0 Å². The molecule has 0 fully saturated rings. The summed E-state index contributed by atoms with van der Waals surface area (Å²) in [7, 11) is 2.30. The van der Waals surface area contributed by atoms with Crippen LogP contribution in [0.25, 0.3) is 0 Å². The molecule has 126 valence electrons. The summed E-state index contributed by atoms with van der Waals surface area (Å²) in [6, 6.07) is 8.47. The van der Waals surface area contributed by atoms with Crippen LogP contribution in [0.3, 0.4) is 0 Å². The molecule has 1 atom stereocenters. The van der Waals surface area contributed by atoms with Gasteiger partial charge in [-0.3, -0.25) is 14.4 Å². The molecule has 1 aromatic carbocycles. The van der Waals surface area contributed by atoms with Crippen LogP contribution in [0, 0.1) is 5.92 Å². The third-order valence-electron chi connectivity index (χ3n) is 3.06. The zero-order valence-electron chi connectivity index (χ0n) is 14.0. The van der Waals surface area contributed by atoms with Crippen molar-refractivity contribution in [1.82, 2.24) is 0 Å². The number of hydrogen-bond donors (Lipinski definition) is 0. The molecule has 1 aromatic rings. The molecule has 6 heteroatoms. The quantitative estimate of drug-likeness (QED) is 0.469. The molecule has 0 amide bonds. The lowest BCUT2D eigenvalue weighted by atomic mass is 9.85. The van der Waals surface area contributed by atoms with Gasteiger partial charge in [0.05, 0.1) is 14.2 Å². The molecule has 0 aliphatic heterocycles. The minimum absolute atomic E-state index is 0.475. The zero-order chi connectivity index (χ0) is 17.6. The number of esters is 3. The average molecular weight is 322 g/mol. The molecule has 1 rings (SSSR count). The van der Waals surface area contributed by atoms with E-state index in [1.165, 1.54) is 0 Å². The second-order valence-corrected chi connectivity index (χ2v) is 5.95. The van der Waals surface area contributed by atoms with Gasteiger partial charge < -0.3 is 14.2 Å². The summed E-state index contributed by atoms with van der Waals surface area (Å²) in [5.74, 6) is -4.96. The summed E-state index contributed by atoms with van der Waals surface area (Å²) in [5.41, 5.74) is -0.288. The van der Waals surface area contributed by atoms with Gasteiger partial charge >= 0.3 is 17.9 Å². The molecule has 0 aliphatic rings. The van der Waals surface area contributed by atoms with E-state index in [1.54, 1.807) is 51.1 Å². The third kappa shape index (κ3) is 5.09. The van der Waals surface area contributed by atoms with Crippen LogP contribution in [0.2, 0.25) is 0 Å². The molecule has 0 bridgehead atoms. The smallest absolute Gasteiger partial charge is 0.321 e. The van der Waals surface area contributed by atoms with E-state index in [0.717, 1.165) is 14.2 Å². The monoisotopic (exact) mass is 322 g/mol. The van der Waals surface area contributed by atoms with E-state index in [0.29, 0.717) is 5.56 Å². The standard InChI is InChI=1S/C17H22O6/c1-17(2,3)23-16(20)12(11-9-7-6-8-10-11)13(14(18)21-4)15(19)22-5/h6-10,12-13H,1-5H3. The van der Waals surface area contributed by atoms with Gasteiger partial charge in [0.2, 0.25) is 0 Å². The summed E-state index contributed by atoms with van der Waals surface area (Å²) in [5, 5.41) is 0. The van der Waals surface area contributed by atoms with Crippen LogP contribution in [0.4, 0.5) is 0 Å². The molecule has 6 nitrogen and oxygen atoms in total. The fraction of sp³-hybridized carbons (Fsp3) is 0.471. The van der Waals surface area contributed by atoms with Gasteiger partial charge in [-0.05, 0) is 26.3 Å². The Morgan fingerprint density at radius 2 is 1.35 bits per heavy atom. The van der Waals surface area contributed by atoms with Gasteiger partial charge in [-0.2, -0.15) is 0 Å². The number of carbonyl (C=O) groups is 3. The minimum atomic E-state index is -1.43. The van der Waals surface area contributed by atoms with Crippen molar-refractivity contribution < 1.29 is 28.6 Å². The van der Waals surface area contributed by atoms with Crippen molar-refractivity contribution in [2.75, 3.05) is 14.2 Å². The lowest BCUT2D eigenvalue weighted by Crippen LogP contribution is -2.39. The molecule has 0 N–H and O–H groups in total. The van der Waals surface area contributed by atoms with Gasteiger partial charge in [0.25, 0.3) is 0 Å². The highest BCUT2D eigenvalue weighted by Crippen LogP contribution is 2.30. The Labute approximate surface area is 135 Å². The second kappa shape index (κ2) is 7.76. The zero-order valence-corrected chi connectivity index (χ0v) is 14.0. The first kappa shape index (κ1) is 18.7. The number of rotatable bonds is 5. The summed E-state index contributed by atoms with van der Waals surface area (Å²) >= 11 is 0. The number of ether oxygens (including phenoxy) is 3. The topological polar surface area (TPSA) is 78.9 Å². The maximum Gasteiger partial charge on any atom is 0.321 e. The van der Waals surface area contributed by atoms with Gasteiger partial charge in [-0.15, -0.1) is 0 Å². The Kier molecular flexibility index (Phi) is 6.30. The van der Waals surface area contributed by atoms with E-state index in [2.05, 4.69) is 9.47 Å². The summed E-state index contributed by atoms with van der Waals surface area (Å²) in [4.78, 5) is 36.7. The lowest BCUT2D eigenvalue weighted by Gasteiger charge is -2.27. The fourth-order valence-electron chi connectivity index (χ4n) is 2.11. The van der Waals surface area contributed by atoms with Crippen molar-refractivity contribution in [2.24, 2.45) is 5.92 Å². The van der Waals surface area contributed by atoms with Gasteiger partial charge in [-0.25, -0.2) is 0 Å². The second-order valence-electron chi connectivity index (χ2n) is 5.95. The van der Waals surface area contributed by atoms with E-state index in [9.17, 15) is 14.4 Å². The molecule has 0 heterocycles. The van der Waals surface area contributed by atoms with Crippen molar-refractivity contribution in [3.63, 3.8) is 0 Å². The van der Waals surface area contributed by atoms with Gasteiger partial charge in [0.15, 0.2) is 5.92 Å². The Balaban J connectivity index is 3.34.